The highest BCUT2D eigenvalue weighted by Crippen LogP contribution is 2.64. The van der Waals surface area contributed by atoms with Crippen molar-refractivity contribution in [2.45, 2.75) is 64.7 Å². The van der Waals surface area contributed by atoms with Crippen LogP contribution in [0.2, 0.25) is 0 Å². The molecule has 132 valence electrons. The number of fused-ring (bicyclic) bond motifs is 5. The van der Waals surface area contributed by atoms with Crippen molar-refractivity contribution in [1.82, 2.24) is 0 Å². The maximum absolute atomic E-state index is 12.5. The van der Waals surface area contributed by atoms with Crippen LogP contribution in [0, 0.1) is 28.6 Å². The molecule has 0 N–H and O–H groups in total. The Kier molecular flexibility index (Phi) is 4.22. The van der Waals surface area contributed by atoms with Crippen LogP contribution in [0.3, 0.4) is 0 Å². The molecule has 5 atom stereocenters. The van der Waals surface area contributed by atoms with E-state index in [2.05, 4.69) is 19.3 Å². The van der Waals surface area contributed by atoms with Gasteiger partial charge in [0.2, 0.25) is 0 Å². The van der Waals surface area contributed by atoms with Crippen molar-refractivity contribution in [3.63, 3.8) is 0 Å². The van der Waals surface area contributed by atoms with E-state index in [1.807, 2.05) is 11.8 Å². The van der Waals surface area contributed by atoms with Crippen LogP contribution in [0.15, 0.2) is 11.6 Å². The van der Waals surface area contributed by atoms with E-state index in [0.29, 0.717) is 29.3 Å². The van der Waals surface area contributed by atoms with E-state index in [-0.39, 0.29) is 10.8 Å². The fraction of sp³-hybridized carbons (Fsp3) is 0.810. The number of Topliss-reactive ketones (excluding diaryl/α,β-unsaturated/α-hetero) is 2. The molecule has 0 unspecified atom stereocenters. The summed E-state index contributed by atoms with van der Waals surface area (Å²) in [7, 11) is 0. The zero-order chi connectivity index (χ0) is 16.9. The first-order valence-electron chi connectivity index (χ1n) is 9.76. The third-order valence-electron chi connectivity index (χ3n) is 8.03. The lowest BCUT2D eigenvalue weighted by atomic mass is 9.48. The maximum atomic E-state index is 12.5. The minimum Gasteiger partial charge on any atom is -0.300 e. The van der Waals surface area contributed by atoms with Gasteiger partial charge >= 0.3 is 0 Å². The molecule has 0 saturated heterocycles. The molecule has 24 heavy (non-hydrogen) atoms. The number of rotatable bonds is 3. The lowest BCUT2D eigenvalue weighted by Crippen LogP contribution is -2.49. The molecule has 0 bridgehead atoms. The van der Waals surface area contributed by atoms with Crippen LogP contribution < -0.4 is 0 Å². The number of thioether (sulfide) groups is 1. The van der Waals surface area contributed by atoms with Gasteiger partial charge in [0.05, 0.1) is 0 Å². The van der Waals surface area contributed by atoms with Gasteiger partial charge in [0.1, 0.15) is 11.6 Å². The number of carbonyl (C=O) groups is 2. The lowest BCUT2D eigenvalue weighted by molar-refractivity contribution is -0.128. The average molecular weight is 347 g/mol. The van der Waals surface area contributed by atoms with Gasteiger partial charge in [-0.15, -0.1) is 0 Å². The minimum atomic E-state index is -0.0911. The van der Waals surface area contributed by atoms with Crippen LogP contribution >= 0.6 is 11.8 Å². The Morgan fingerprint density at radius 3 is 2.83 bits per heavy atom. The molecule has 4 aliphatic rings. The average Bonchev–Trinajstić information content (AvgIpc) is 2.88. The highest BCUT2D eigenvalue weighted by molar-refractivity contribution is 7.98. The van der Waals surface area contributed by atoms with Crippen molar-refractivity contribution >= 4 is 23.3 Å². The molecule has 0 aromatic carbocycles. The third-order valence-corrected chi connectivity index (χ3v) is 8.64. The van der Waals surface area contributed by atoms with Crippen LogP contribution in [-0.4, -0.2) is 23.6 Å². The molecule has 3 saturated carbocycles. The first kappa shape index (κ1) is 16.9. The van der Waals surface area contributed by atoms with Gasteiger partial charge in [-0.1, -0.05) is 18.6 Å². The maximum Gasteiger partial charge on any atom is 0.139 e. The van der Waals surface area contributed by atoms with Gasteiger partial charge in [-0.05, 0) is 73.7 Å². The van der Waals surface area contributed by atoms with Crippen LogP contribution in [0.1, 0.15) is 64.7 Å². The van der Waals surface area contributed by atoms with Crippen molar-refractivity contribution in [1.29, 1.82) is 0 Å². The summed E-state index contributed by atoms with van der Waals surface area (Å²) in [4.78, 5) is 24.6. The Hall–Kier alpha value is -0.570. The first-order valence-corrected chi connectivity index (χ1v) is 11.1. The first-order chi connectivity index (χ1) is 11.5. The highest BCUT2D eigenvalue weighted by Gasteiger charge is 2.58. The summed E-state index contributed by atoms with van der Waals surface area (Å²) in [6.07, 6.45) is 13.8. The van der Waals surface area contributed by atoms with Gasteiger partial charge in [-0.25, -0.2) is 0 Å². The second-order valence-electron chi connectivity index (χ2n) is 8.87. The number of carbonyl (C=O) groups excluding carboxylic acids is 2. The van der Waals surface area contributed by atoms with Gasteiger partial charge in [0, 0.05) is 24.7 Å². The smallest absolute Gasteiger partial charge is 0.139 e. The Morgan fingerprint density at radius 1 is 1.21 bits per heavy atom. The zero-order valence-corrected chi connectivity index (χ0v) is 15.9. The summed E-state index contributed by atoms with van der Waals surface area (Å²) < 4.78 is 0. The summed E-state index contributed by atoms with van der Waals surface area (Å²) in [5, 5.41) is 0. The highest BCUT2D eigenvalue weighted by atomic mass is 32.2. The van der Waals surface area contributed by atoms with E-state index in [4.69, 9.17) is 0 Å². The van der Waals surface area contributed by atoms with E-state index in [9.17, 15) is 9.59 Å². The summed E-state index contributed by atoms with van der Waals surface area (Å²) in [5.41, 5.74) is 1.86. The molecule has 4 aliphatic carbocycles. The Labute approximate surface area is 150 Å². The fourth-order valence-corrected chi connectivity index (χ4v) is 7.23. The molecule has 0 spiro atoms. The van der Waals surface area contributed by atoms with Crippen LogP contribution in [0.25, 0.3) is 0 Å². The predicted molar refractivity (Wildman–Crippen MR) is 99.0 cm³/mol. The van der Waals surface area contributed by atoms with Gasteiger partial charge in [-0.2, -0.15) is 11.8 Å². The molecule has 4 rings (SSSR count). The monoisotopic (exact) mass is 346 g/mol. The summed E-state index contributed by atoms with van der Waals surface area (Å²) >= 11 is 1.94. The summed E-state index contributed by atoms with van der Waals surface area (Å²) in [6, 6.07) is 0. The molecule has 0 heterocycles. The van der Waals surface area contributed by atoms with E-state index < -0.39 is 0 Å². The second-order valence-corrected chi connectivity index (χ2v) is 9.86. The van der Waals surface area contributed by atoms with Crippen LogP contribution in [-0.2, 0) is 9.59 Å². The van der Waals surface area contributed by atoms with Gasteiger partial charge in [0.25, 0.3) is 0 Å². The molecule has 2 nitrogen and oxygen atoms in total. The van der Waals surface area contributed by atoms with E-state index >= 15 is 0 Å². The summed E-state index contributed by atoms with van der Waals surface area (Å²) in [6.45, 7) is 2.23. The van der Waals surface area contributed by atoms with Gasteiger partial charge < -0.3 is 0 Å². The van der Waals surface area contributed by atoms with Crippen LogP contribution in [0.4, 0.5) is 0 Å². The number of ketones is 2. The van der Waals surface area contributed by atoms with Crippen molar-refractivity contribution < 1.29 is 9.59 Å². The largest absolute Gasteiger partial charge is 0.300 e. The third kappa shape index (κ3) is 2.29. The molecular formula is C21H30O2S. The predicted octanol–water partition coefficient (Wildman–Crippen LogP) is 4.82. The Morgan fingerprint density at radius 2 is 2.04 bits per heavy atom. The van der Waals surface area contributed by atoms with Gasteiger partial charge in [0.15, 0.2) is 0 Å². The summed E-state index contributed by atoms with van der Waals surface area (Å²) in [5.74, 6) is 3.92. The fourth-order valence-electron chi connectivity index (χ4n) is 6.66. The zero-order valence-electron chi connectivity index (χ0n) is 15.1. The number of allylic oxidation sites excluding steroid dienone is 2. The van der Waals surface area contributed by atoms with Crippen molar-refractivity contribution in [3.05, 3.63) is 11.6 Å². The minimum absolute atomic E-state index is 0.0911. The molecule has 0 aromatic heterocycles. The SMILES string of the molecule is CSCC[C@]12CCC(=O)C[C@@H]1CC[C@@H]1C2=CC[C@]2(C)C(=O)CC[C@@H]12. The van der Waals surface area contributed by atoms with Crippen molar-refractivity contribution in [2.75, 3.05) is 12.0 Å². The standard InChI is InChI=1S/C21H30O2S/c1-20-9-8-18-16(17(20)5-6-19(20)23)4-3-14-13-15(22)7-10-21(14,18)11-12-24-2/h8,14,16-17H,3-7,9-13H2,1-2H3/t14-,16-,17-,20-,21+/m0/s1. The topological polar surface area (TPSA) is 34.1 Å². The lowest BCUT2D eigenvalue weighted by Gasteiger charge is -2.56. The molecule has 3 heteroatoms. The molecule has 0 amide bonds. The molecule has 0 aliphatic heterocycles. The van der Waals surface area contributed by atoms with E-state index in [0.717, 1.165) is 38.5 Å². The van der Waals surface area contributed by atoms with E-state index in [1.54, 1.807) is 5.57 Å². The molecule has 0 aromatic rings. The number of hydrogen-bond donors (Lipinski definition) is 0. The Bertz CT molecular complexity index is 595. The van der Waals surface area contributed by atoms with Crippen molar-refractivity contribution in [3.8, 4) is 0 Å². The van der Waals surface area contributed by atoms with Gasteiger partial charge in [-0.3, -0.25) is 9.59 Å². The van der Waals surface area contributed by atoms with Crippen LogP contribution in [0.5, 0.6) is 0 Å². The molecule has 0 radical (unpaired) electrons. The molecule has 3 fully saturated rings. The molecular weight excluding hydrogens is 316 g/mol. The Balaban J connectivity index is 1.72. The quantitative estimate of drug-likeness (QED) is 0.687. The second kappa shape index (κ2) is 6.00. The normalized spacial score (nSPS) is 44.6. The van der Waals surface area contributed by atoms with E-state index in [1.165, 1.54) is 25.0 Å². The van der Waals surface area contributed by atoms with Crippen molar-refractivity contribution in [2.24, 2.45) is 28.6 Å². The number of hydrogen-bond acceptors (Lipinski definition) is 3.